The summed E-state index contributed by atoms with van der Waals surface area (Å²) in [7, 11) is 3.18. The minimum Gasteiger partial charge on any atom is -0.493 e. The SMILES string of the molecule is COc1ccc(/C=C/C(=O)N2CCCC(Oc3ccc(C)nn3)C2)cc1OC. The minimum absolute atomic E-state index is 0.0434. The molecule has 1 aliphatic rings. The Morgan fingerprint density at radius 3 is 2.68 bits per heavy atom. The zero-order valence-corrected chi connectivity index (χ0v) is 16.4. The van der Waals surface area contributed by atoms with Crippen LogP contribution in [0, 0.1) is 6.92 Å². The van der Waals surface area contributed by atoms with Gasteiger partial charge in [0.1, 0.15) is 6.10 Å². The van der Waals surface area contributed by atoms with E-state index < -0.39 is 0 Å². The molecule has 1 unspecified atom stereocenters. The van der Waals surface area contributed by atoms with Gasteiger partial charge in [-0.1, -0.05) is 6.07 Å². The third kappa shape index (κ3) is 5.00. The van der Waals surface area contributed by atoms with Crippen molar-refractivity contribution in [3.8, 4) is 17.4 Å². The average Bonchev–Trinajstić information content (AvgIpc) is 2.73. The summed E-state index contributed by atoms with van der Waals surface area (Å²) in [6.07, 6.45) is 5.05. The van der Waals surface area contributed by atoms with E-state index in [0.29, 0.717) is 30.5 Å². The molecule has 0 radical (unpaired) electrons. The van der Waals surface area contributed by atoms with Gasteiger partial charge in [0.2, 0.25) is 11.8 Å². The number of benzene rings is 1. The molecule has 1 saturated heterocycles. The van der Waals surface area contributed by atoms with Crippen molar-refractivity contribution in [2.45, 2.75) is 25.9 Å². The van der Waals surface area contributed by atoms with Crippen molar-refractivity contribution in [2.75, 3.05) is 27.3 Å². The average molecular weight is 383 g/mol. The number of aromatic nitrogens is 2. The summed E-state index contributed by atoms with van der Waals surface area (Å²) in [4.78, 5) is 14.4. The topological polar surface area (TPSA) is 73.8 Å². The summed E-state index contributed by atoms with van der Waals surface area (Å²) in [5.74, 6) is 1.73. The van der Waals surface area contributed by atoms with Gasteiger partial charge in [-0.2, -0.15) is 5.10 Å². The van der Waals surface area contributed by atoms with Crippen LogP contribution in [0.25, 0.3) is 6.08 Å². The number of carbonyl (C=O) groups is 1. The lowest BCUT2D eigenvalue weighted by atomic mass is 10.1. The quantitative estimate of drug-likeness (QED) is 0.714. The number of rotatable bonds is 6. The van der Waals surface area contributed by atoms with Gasteiger partial charge in [0.05, 0.1) is 26.5 Å². The highest BCUT2D eigenvalue weighted by Gasteiger charge is 2.24. The first-order chi connectivity index (χ1) is 13.6. The fourth-order valence-electron chi connectivity index (χ4n) is 3.08. The van der Waals surface area contributed by atoms with Gasteiger partial charge in [-0.25, -0.2) is 0 Å². The molecule has 0 N–H and O–H groups in total. The Morgan fingerprint density at radius 2 is 1.96 bits per heavy atom. The molecule has 3 rings (SSSR count). The molecule has 0 aliphatic carbocycles. The molecule has 0 bridgehead atoms. The maximum atomic E-state index is 12.6. The molecule has 1 amide bonds. The van der Waals surface area contributed by atoms with Crippen LogP contribution in [0.3, 0.4) is 0 Å². The number of ether oxygens (including phenoxy) is 3. The molecule has 28 heavy (non-hydrogen) atoms. The van der Waals surface area contributed by atoms with Gasteiger partial charge in [-0.3, -0.25) is 4.79 Å². The standard InChI is InChI=1S/C21H25N3O4/c1-15-6-10-20(23-22-15)28-17-5-4-12-24(14-17)21(25)11-8-16-7-9-18(26-2)19(13-16)27-3/h6-11,13,17H,4-5,12,14H2,1-3H3/b11-8+. The number of carbonyl (C=O) groups excluding carboxylic acids is 1. The van der Waals surface area contributed by atoms with Gasteiger partial charge in [0, 0.05) is 18.7 Å². The van der Waals surface area contributed by atoms with Crippen molar-refractivity contribution in [3.63, 3.8) is 0 Å². The molecule has 148 valence electrons. The van der Waals surface area contributed by atoms with Crippen molar-refractivity contribution in [1.82, 2.24) is 15.1 Å². The van der Waals surface area contributed by atoms with E-state index in [2.05, 4.69) is 10.2 Å². The number of hydrogen-bond donors (Lipinski definition) is 0. The van der Waals surface area contributed by atoms with E-state index in [1.54, 1.807) is 37.3 Å². The number of methoxy groups -OCH3 is 2. The third-order valence-electron chi connectivity index (χ3n) is 4.58. The number of piperidine rings is 1. The Kier molecular flexibility index (Phi) is 6.47. The summed E-state index contributed by atoms with van der Waals surface area (Å²) >= 11 is 0. The molecule has 1 aromatic carbocycles. The van der Waals surface area contributed by atoms with Crippen LogP contribution >= 0.6 is 0 Å². The van der Waals surface area contributed by atoms with Crippen LogP contribution in [-0.2, 0) is 4.79 Å². The maximum Gasteiger partial charge on any atom is 0.246 e. The summed E-state index contributed by atoms with van der Waals surface area (Å²) in [6, 6.07) is 9.19. The summed E-state index contributed by atoms with van der Waals surface area (Å²) in [5, 5.41) is 8.04. The van der Waals surface area contributed by atoms with Gasteiger partial charge >= 0.3 is 0 Å². The lowest BCUT2D eigenvalue weighted by Gasteiger charge is -2.31. The van der Waals surface area contributed by atoms with Crippen molar-refractivity contribution in [3.05, 3.63) is 47.7 Å². The number of likely N-dealkylation sites (tertiary alicyclic amines) is 1. The Bertz CT molecular complexity index is 836. The van der Waals surface area contributed by atoms with Crippen molar-refractivity contribution < 1.29 is 19.0 Å². The molecule has 0 saturated carbocycles. The summed E-state index contributed by atoms with van der Waals surface area (Å²) < 4.78 is 16.4. The molecule has 1 aliphatic heterocycles. The van der Waals surface area contributed by atoms with E-state index in [-0.39, 0.29) is 12.0 Å². The second-order valence-electron chi connectivity index (χ2n) is 6.63. The van der Waals surface area contributed by atoms with Crippen LogP contribution < -0.4 is 14.2 Å². The van der Waals surface area contributed by atoms with E-state index in [0.717, 1.165) is 24.1 Å². The molecule has 2 heterocycles. The van der Waals surface area contributed by atoms with Crippen LogP contribution in [0.5, 0.6) is 17.4 Å². The Morgan fingerprint density at radius 1 is 1.14 bits per heavy atom. The fraction of sp³-hybridized carbons (Fsp3) is 0.381. The molecular formula is C21H25N3O4. The lowest BCUT2D eigenvalue weighted by Crippen LogP contribution is -2.43. The van der Waals surface area contributed by atoms with E-state index in [1.807, 2.05) is 31.2 Å². The van der Waals surface area contributed by atoms with Crippen molar-refractivity contribution in [2.24, 2.45) is 0 Å². The first-order valence-corrected chi connectivity index (χ1v) is 9.25. The fourth-order valence-corrected chi connectivity index (χ4v) is 3.08. The highest BCUT2D eigenvalue weighted by atomic mass is 16.5. The van der Waals surface area contributed by atoms with Gasteiger partial charge in [0.15, 0.2) is 11.5 Å². The van der Waals surface area contributed by atoms with Gasteiger partial charge in [0.25, 0.3) is 0 Å². The van der Waals surface area contributed by atoms with E-state index in [1.165, 1.54) is 0 Å². The molecular weight excluding hydrogens is 358 g/mol. The van der Waals surface area contributed by atoms with Crippen LogP contribution in [0.4, 0.5) is 0 Å². The van der Waals surface area contributed by atoms with Gasteiger partial charge in [-0.15, -0.1) is 5.10 Å². The summed E-state index contributed by atoms with van der Waals surface area (Å²) in [5.41, 5.74) is 1.71. The summed E-state index contributed by atoms with van der Waals surface area (Å²) in [6.45, 7) is 3.13. The zero-order chi connectivity index (χ0) is 19.9. The van der Waals surface area contributed by atoms with Crippen molar-refractivity contribution in [1.29, 1.82) is 0 Å². The molecule has 0 spiro atoms. The first-order valence-electron chi connectivity index (χ1n) is 9.25. The predicted octanol–water partition coefficient (Wildman–Crippen LogP) is 2.89. The zero-order valence-electron chi connectivity index (χ0n) is 16.4. The smallest absolute Gasteiger partial charge is 0.246 e. The van der Waals surface area contributed by atoms with E-state index in [4.69, 9.17) is 14.2 Å². The number of hydrogen-bond acceptors (Lipinski definition) is 6. The van der Waals surface area contributed by atoms with Crippen LogP contribution in [0.2, 0.25) is 0 Å². The van der Waals surface area contributed by atoms with Gasteiger partial charge < -0.3 is 19.1 Å². The highest BCUT2D eigenvalue weighted by molar-refractivity contribution is 5.92. The Hall–Kier alpha value is -3.09. The van der Waals surface area contributed by atoms with Crippen molar-refractivity contribution >= 4 is 12.0 Å². The molecule has 7 nitrogen and oxygen atoms in total. The largest absolute Gasteiger partial charge is 0.493 e. The number of aryl methyl sites for hydroxylation is 1. The number of nitrogens with zero attached hydrogens (tertiary/aromatic N) is 3. The predicted molar refractivity (Wildman–Crippen MR) is 106 cm³/mol. The first kappa shape index (κ1) is 19.7. The second-order valence-corrected chi connectivity index (χ2v) is 6.63. The van der Waals surface area contributed by atoms with E-state index in [9.17, 15) is 4.79 Å². The monoisotopic (exact) mass is 383 g/mol. The molecule has 1 atom stereocenters. The molecule has 1 aromatic heterocycles. The highest BCUT2D eigenvalue weighted by Crippen LogP contribution is 2.28. The molecule has 7 heteroatoms. The Labute approximate surface area is 164 Å². The normalized spacial score (nSPS) is 16.8. The second kappa shape index (κ2) is 9.21. The van der Waals surface area contributed by atoms with Crippen LogP contribution in [-0.4, -0.2) is 54.4 Å². The molecule has 1 fully saturated rings. The lowest BCUT2D eigenvalue weighted by molar-refractivity contribution is -0.128. The van der Waals surface area contributed by atoms with Crippen LogP contribution in [0.1, 0.15) is 24.1 Å². The maximum absolute atomic E-state index is 12.6. The third-order valence-corrected chi connectivity index (χ3v) is 4.58. The molecule has 2 aromatic rings. The number of amides is 1. The van der Waals surface area contributed by atoms with E-state index >= 15 is 0 Å². The minimum atomic E-state index is -0.0795. The van der Waals surface area contributed by atoms with Crippen LogP contribution in [0.15, 0.2) is 36.4 Å². The Balaban J connectivity index is 1.60. The van der Waals surface area contributed by atoms with Gasteiger partial charge in [-0.05, 0) is 49.6 Å².